The molecule has 0 radical (unpaired) electrons. The van der Waals surface area contributed by atoms with Crippen molar-refractivity contribution in [2.75, 3.05) is 66.1 Å². The summed E-state index contributed by atoms with van der Waals surface area (Å²) in [7, 11) is 2.21. The molecule has 0 spiro atoms. The van der Waals surface area contributed by atoms with Gasteiger partial charge in [0, 0.05) is 59.0 Å². The average Bonchev–Trinajstić information content (AvgIpc) is 2.38. The van der Waals surface area contributed by atoms with Gasteiger partial charge in [-0.15, -0.1) is 0 Å². The fourth-order valence-corrected chi connectivity index (χ4v) is 2.74. The zero-order valence-electron chi connectivity index (χ0n) is 12.1. The van der Waals surface area contributed by atoms with Crippen LogP contribution in [0.3, 0.4) is 0 Å². The van der Waals surface area contributed by atoms with Crippen LogP contribution in [0.4, 0.5) is 0 Å². The van der Waals surface area contributed by atoms with Crippen LogP contribution in [-0.2, 0) is 4.74 Å². The Balaban J connectivity index is 1.55. The summed E-state index contributed by atoms with van der Waals surface area (Å²) in [4.78, 5) is 4.98. The van der Waals surface area contributed by atoms with Crippen molar-refractivity contribution in [2.24, 2.45) is 5.41 Å². The number of ether oxygens (including phenoxy) is 1. The standard InChI is InChI=1S/C14H29N3O/c1-14(3-11-18-12-4-14)13-15-5-6-17-9-7-16(2)8-10-17/h15H,3-13H2,1-2H3. The Kier molecular flexibility index (Phi) is 5.42. The summed E-state index contributed by atoms with van der Waals surface area (Å²) in [5.41, 5.74) is 0.459. The van der Waals surface area contributed by atoms with Gasteiger partial charge in [-0.1, -0.05) is 6.92 Å². The summed E-state index contributed by atoms with van der Waals surface area (Å²) in [6.07, 6.45) is 2.41. The van der Waals surface area contributed by atoms with E-state index in [1.807, 2.05) is 0 Å². The Labute approximate surface area is 112 Å². The number of nitrogens with one attached hydrogen (secondary N) is 1. The second-order valence-corrected chi connectivity index (χ2v) is 6.24. The normalized spacial score (nSPS) is 26.3. The molecule has 2 aliphatic heterocycles. The minimum absolute atomic E-state index is 0.459. The van der Waals surface area contributed by atoms with Gasteiger partial charge in [-0.05, 0) is 25.3 Å². The van der Waals surface area contributed by atoms with Gasteiger partial charge in [0.15, 0.2) is 0 Å². The summed E-state index contributed by atoms with van der Waals surface area (Å²) in [6.45, 7) is 12.6. The predicted octanol–water partition coefficient (Wildman–Crippen LogP) is 0.640. The Hall–Kier alpha value is -0.160. The Morgan fingerprint density at radius 1 is 1.11 bits per heavy atom. The lowest BCUT2D eigenvalue weighted by molar-refractivity contribution is 0.0238. The number of nitrogens with zero attached hydrogens (tertiary/aromatic N) is 2. The zero-order valence-corrected chi connectivity index (χ0v) is 12.1. The van der Waals surface area contributed by atoms with Gasteiger partial charge in [0.25, 0.3) is 0 Å². The zero-order chi connectivity index (χ0) is 12.8. The molecule has 0 aromatic heterocycles. The van der Waals surface area contributed by atoms with Crippen LogP contribution in [0.2, 0.25) is 0 Å². The van der Waals surface area contributed by atoms with Crippen molar-refractivity contribution in [2.45, 2.75) is 19.8 Å². The lowest BCUT2D eigenvalue weighted by Gasteiger charge is -2.35. The summed E-state index contributed by atoms with van der Waals surface area (Å²) < 4.78 is 5.44. The summed E-state index contributed by atoms with van der Waals surface area (Å²) in [6, 6.07) is 0. The molecule has 4 nitrogen and oxygen atoms in total. The van der Waals surface area contributed by atoms with Gasteiger partial charge in [-0.3, -0.25) is 4.90 Å². The Morgan fingerprint density at radius 2 is 1.78 bits per heavy atom. The molecule has 18 heavy (non-hydrogen) atoms. The molecule has 2 rings (SSSR count). The lowest BCUT2D eigenvalue weighted by atomic mass is 9.82. The first kappa shape index (κ1) is 14.3. The van der Waals surface area contributed by atoms with Crippen LogP contribution in [0.5, 0.6) is 0 Å². The number of hydrogen-bond donors (Lipinski definition) is 1. The molecule has 0 aromatic rings. The molecule has 0 aliphatic carbocycles. The number of piperazine rings is 1. The van der Waals surface area contributed by atoms with Gasteiger partial charge in [0.05, 0.1) is 0 Å². The van der Waals surface area contributed by atoms with E-state index >= 15 is 0 Å². The van der Waals surface area contributed by atoms with Crippen molar-refractivity contribution < 1.29 is 4.74 Å². The summed E-state index contributed by atoms with van der Waals surface area (Å²) in [5.74, 6) is 0. The van der Waals surface area contributed by atoms with Gasteiger partial charge in [0.1, 0.15) is 0 Å². The van der Waals surface area contributed by atoms with Crippen molar-refractivity contribution in [3.05, 3.63) is 0 Å². The van der Waals surface area contributed by atoms with E-state index in [1.165, 1.54) is 45.6 Å². The van der Waals surface area contributed by atoms with Gasteiger partial charge in [-0.25, -0.2) is 0 Å². The van der Waals surface area contributed by atoms with Gasteiger partial charge in [0.2, 0.25) is 0 Å². The van der Waals surface area contributed by atoms with E-state index in [1.54, 1.807) is 0 Å². The SMILES string of the molecule is CN1CCN(CCNCC2(C)CCOCC2)CC1. The van der Waals surface area contributed by atoms with Crippen molar-refractivity contribution in [1.29, 1.82) is 0 Å². The van der Waals surface area contributed by atoms with Crippen LogP contribution < -0.4 is 5.32 Å². The first-order chi connectivity index (χ1) is 8.68. The van der Waals surface area contributed by atoms with Crippen molar-refractivity contribution in [3.63, 3.8) is 0 Å². The third-order valence-corrected chi connectivity index (χ3v) is 4.45. The maximum Gasteiger partial charge on any atom is 0.0471 e. The molecule has 1 N–H and O–H groups in total. The van der Waals surface area contributed by atoms with E-state index in [9.17, 15) is 0 Å². The molecule has 4 heteroatoms. The van der Waals surface area contributed by atoms with E-state index in [4.69, 9.17) is 4.74 Å². The minimum Gasteiger partial charge on any atom is -0.381 e. The topological polar surface area (TPSA) is 27.7 Å². The van der Waals surface area contributed by atoms with Gasteiger partial charge < -0.3 is 15.0 Å². The van der Waals surface area contributed by atoms with Crippen LogP contribution in [0.15, 0.2) is 0 Å². The second kappa shape index (κ2) is 6.85. The van der Waals surface area contributed by atoms with E-state index in [-0.39, 0.29) is 0 Å². The van der Waals surface area contributed by atoms with Crippen molar-refractivity contribution in [1.82, 2.24) is 15.1 Å². The van der Waals surface area contributed by atoms with Crippen molar-refractivity contribution in [3.8, 4) is 0 Å². The smallest absolute Gasteiger partial charge is 0.0471 e. The molecule has 0 saturated carbocycles. The number of likely N-dealkylation sites (N-methyl/N-ethyl adjacent to an activating group) is 1. The van der Waals surface area contributed by atoms with Crippen molar-refractivity contribution >= 4 is 0 Å². The fraction of sp³-hybridized carbons (Fsp3) is 1.00. The summed E-state index contributed by atoms with van der Waals surface area (Å²) >= 11 is 0. The Morgan fingerprint density at radius 3 is 2.44 bits per heavy atom. The molecule has 106 valence electrons. The largest absolute Gasteiger partial charge is 0.381 e. The number of hydrogen-bond acceptors (Lipinski definition) is 4. The molecule has 0 aromatic carbocycles. The highest BCUT2D eigenvalue weighted by Crippen LogP contribution is 2.28. The van der Waals surface area contributed by atoms with Crippen LogP contribution >= 0.6 is 0 Å². The Bertz CT molecular complexity index is 233. The van der Waals surface area contributed by atoms with Gasteiger partial charge in [-0.2, -0.15) is 0 Å². The average molecular weight is 255 g/mol. The van der Waals surface area contributed by atoms with E-state index in [0.717, 1.165) is 26.3 Å². The molecule has 2 fully saturated rings. The van der Waals surface area contributed by atoms with Crippen LogP contribution in [0.25, 0.3) is 0 Å². The third kappa shape index (κ3) is 4.50. The first-order valence-electron chi connectivity index (χ1n) is 7.37. The van der Waals surface area contributed by atoms with E-state index < -0.39 is 0 Å². The van der Waals surface area contributed by atoms with E-state index in [0.29, 0.717) is 5.41 Å². The molecule has 0 amide bonds. The maximum atomic E-state index is 5.44. The fourth-order valence-electron chi connectivity index (χ4n) is 2.74. The van der Waals surface area contributed by atoms with Crippen LogP contribution in [0, 0.1) is 5.41 Å². The van der Waals surface area contributed by atoms with Crippen LogP contribution in [0.1, 0.15) is 19.8 Å². The molecule has 2 heterocycles. The maximum absolute atomic E-state index is 5.44. The molecular formula is C14H29N3O. The number of rotatable bonds is 5. The third-order valence-electron chi connectivity index (χ3n) is 4.45. The van der Waals surface area contributed by atoms with E-state index in [2.05, 4.69) is 29.1 Å². The quantitative estimate of drug-likeness (QED) is 0.730. The lowest BCUT2D eigenvalue weighted by Crippen LogP contribution is -2.47. The van der Waals surface area contributed by atoms with Gasteiger partial charge >= 0.3 is 0 Å². The molecule has 0 atom stereocenters. The predicted molar refractivity (Wildman–Crippen MR) is 75.0 cm³/mol. The van der Waals surface area contributed by atoms with Crippen LogP contribution in [-0.4, -0.2) is 75.9 Å². The highest BCUT2D eigenvalue weighted by Gasteiger charge is 2.26. The minimum atomic E-state index is 0.459. The second-order valence-electron chi connectivity index (χ2n) is 6.24. The molecule has 2 saturated heterocycles. The molecule has 0 bridgehead atoms. The molecular weight excluding hydrogens is 226 g/mol. The molecule has 2 aliphatic rings. The highest BCUT2D eigenvalue weighted by molar-refractivity contribution is 4.80. The first-order valence-corrected chi connectivity index (χ1v) is 7.37. The summed E-state index contributed by atoms with van der Waals surface area (Å²) in [5, 5.41) is 3.64. The monoisotopic (exact) mass is 255 g/mol. The molecule has 0 unspecified atom stereocenters. The highest BCUT2D eigenvalue weighted by atomic mass is 16.5.